The van der Waals surface area contributed by atoms with Crippen molar-refractivity contribution in [2.45, 2.75) is 78.0 Å². The predicted molar refractivity (Wildman–Crippen MR) is 155 cm³/mol. The van der Waals surface area contributed by atoms with Crippen molar-refractivity contribution in [2.75, 3.05) is 13.1 Å². The number of carbonyl (C=O) groups excluding carboxylic acids is 3. The van der Waals surface area contributed by atoms with Gasteiger partial charge in [-0.3, -0.25) is 24.2 Å². The van der Waals surface area contributed by atoms with Crippen LogP contribution in [0.1, 0.15) is 74.9 Å². The summed E-state index contributed by atoms with van der Waals surface area (Å²) in [5.41, 5.74) is -0.0486. The van der Waals surface area contributed by atoms with Crippen LogP contribution in [0.3, 0.4) is 0 Å². The van der Waals surface area contributed by atoms with Gasteiger partial charge in [-0.15, -0.1) is 0 Å². The van der Waals surface area contributed by atoms with E-state index in [9.17, 15) is 28.7 Å². The molecule has 2 N–H and O–H groups in total. The van der Waals surface area contributed by atoms with Crippen molar-refractivity contribution in [1.29, 1.82) is 0 Å². The highest BCUT2D eigenvalue weighted by atomic mass is 19.1. The molecule has 1 fully saturated rings. The van der Waals surface area contributed by atoms with Gasteiger partial charge < -0.3 is 24.6 Å². The van der Waals surface area contributed by atoms with E-state index in [0.29, 0.717) is 30.5 Å². The summed E-state index contributed by atoms with van der Waals surface area (Å²) in [5, 5.41) is 13.7. The van der Waals surface area contributed by atoms with E-state index >= 15 is 0 Å². The first-order chi connectivity index (χ1) is 19.8. The maximum Gasteiger partial charge on any atom is 0.308 e. The highest BCUT2D eigenvalue weighted by Crippen LogP contribution is 2.26. The Labute approximate surface area is 243 Å². The predicted octanol–water partition coefficient (Wildman–Crippen LogP) is 3.69. The molecular weight excluding hydrogens is 543 g/mol. The third-order valence-corrected chi connectivity index (χ3v) is 6.97. The molecule has 10 nitrogen and oxygen atoms in total. The SMILES string of the molecule is C[C@@H](CC(=O)OC(C)(C)C)NC(=O)c1c(O)c2ncc(Cc3ccc(F)cc3)cc2n(CCN2CCCCC2=O)c1=O. The number of aromatic nitrogens is 2. The van der Waals surface area contributed by atoms with Gasteiger partial charge in [-0.1, -0.05) is 12.1 Å². The standard InChI is InChI=1S/C31H37FN4O6/c1-19(15-25(38)42-31(2,3)4)34-29(40)26-28(39)27-23(17-21(18-33-27)16-20-8-10-22(32)11-9-20)36(30(26)41)14-13-35-12-6-5-7-24(35)37/h8-11,17-19,39H,5-7,12-16H2,1-4H3,(H,34,40)/t19-/m0/s1. The van der Waals surface area contributed by atoms with Gasteiger partial charge in [0.25, 0.3) is 11.5 Å². The number of likely N-dealkylation sites (tertiary alicyclic amines) is 1. The smallest absolute Gasteiger partial charge is 0.308 e. The number of halogens is 1. The molecular formula is C31H37FN4O6. The van der Waals surface area contributed by atoms with Gasteiger partial charge in [0, 0.05) is 38.3 Å². The van der Waals surface area contributed by atoms with E-state index in [1.54, 1.807) is 50.8 Å². The summed E-state index contributed by atoms with van der Waals surface area (Å²) in [7, 11) is 0. The summed E-state index contributed by atoms with van der Waals surface area (Å²) in [6.07, 6.45) is 3.92. The number of ether oxygens (including phenoxy) is 1. The molecule has 0 spiro atoms. The average molecular weight is 581 g/mol. The molecule has 2 aromatic heterocycles. The zero-order valence-corrected chi connectivity index (χ0v) is 24.4. The van der Waals surface area contributed by atoms with E-state index in [1.807, 2.05) is 0 Å². The fraction of sp³-hybridized carbons (Fsp3) is 0.452. The molecule has 2 amide bonds. The number of fused-ring (bicyclic) bond motifs is 1. The number of amides is 2. The molecule has 3 aromatic rings. The molecule has 3 heterocycles. The van der Waals surface area contributed by atoms with Crippen LogP contribution in [0, 0.1) is 5.82 Å². The second-order valence-corrected chi connectivity index (χ2v) is 11.7. The third-order valence-electron chi connectivity index (χ3n) is 6.97. The average Bonchev–Trinajstić information content (AvgIpc) is 2.89. The topological polar surface area (TPSA) is 131 Å². The van der Waals surface area contributed by atoms with Crippen LogP contribution in [-0.4, -0.2) is 62.1 Å². The van der Waals surface area contributed by atoms with Crippen molar-refractivity contribution < 1.29 is 28.6 Å². The van der Waals surface area contributed by atoms with Crippen LogP contribution in [0.25, 0.3) is 11.0 Å². The first-order valence-electron chi connectivity index (χ1n) is 14.1. The second kappa shape index (κ2) is 12.7. The van der Waals surface area contributed by atoms with E-state index in [2.05, 4.69) is 10.3 Å². The molecule has 0 saturated carbocycles. The highest BCUT2D eigenvalue weighted by molar-refractivity contribution is 6.01. The van der Waals surface area contributed by atoms with E-state index in [-0.39, 0.29) is 36.8 Å². The Morgan fingerprint density at radius 3 is 2.50 bits per heavy atom. The molecule has 1 aliphatic heterocycles. The number of hydrogen-bond donors (Lipinski definition) is 2. The molecule has 4 rings (SSSR count). The molecule has 1 aromatic carbocycles. The summed E-state index contributed by atoms with van der Waals surface area (Å²) in [6, 6.07) is 7.03. The Morgan fingerprint density at radius 2 is 1.83 bits per heavy atom. The number of pyridine rings is 2. The van der Waals surface area contributed by atoms with Crippen LogP contribution in [-0.2, 0) is 27.3 Å². The molecule has 0 bridgehead atoms. The van der Waals surface area contributed by atoms with Crippen molar-refractivity contribution in [3.63, 3.8) is 0 Å². The number of carbonyl (C=O) groups is 3. The monoisotopic (exact) mass is 580 g/mol. The van der Waals surface area contributed by atoms with Gasteiger partial charge in [0.2, 0.25) is 5.91 Å². The lowest BCUT2D eigenvalue weighted by Gasteiger charge is -2.27. The highest BCUT2D eigenvalue weighted by Gasteiger charge is 2.27. The van der Waals surface area contributed by atoms with E-state index in [0.717, 1.165) is 18.4 Å². The van der Waals surface area contributed by atoms with Gasteiger partial charge in [-0.25, -0.2) is 4.39 Å². The fourth-order valence-corrected chi connectivity index (χ4v) is 5.01. The van der Waals surface area contributed by atoms with Gasteiger partial charge in [0.15, 0.2) is 5.75 Å². The molecule has 1 atom stereocenters. The summed E-state index contributed by atoms with van der Waals surface area (Å²) < 4.78 is 20.1. The Balaban J connectivity index is 1.69. The Kier molecular flexibility index (Phi) is 9.28. The number of benzene rings is 1. The number of hydrogen-bond acceptors (Lipinski definition) is 7. The lowest BCUT2D eigenvalue weighted by atomic mass is 10.0. The largest absolute Gasteiger partial charge is 0.505 e. The Hall–Kier alpha value is -4.28. The van der Waals surface area contributed by atoms with Crippen LogP contribution in [0.5, 0.6) is 5.75 Å². The zero-order valence-electron chi connectivity index (χ0n) is 24.4. The lowest BCUT2D eigenvalue weighted by Crippen LogP contribution is -2.41. The van der Waals surface area contributed by atoms with Gasteiger partial charge in [0.1, 0.15) is 22.5 Å². The molecule has 11 heteroatoms. The number of esters is 1. The van der Waals surface area contributed by atoms with Crippen LogP contribution >= 0.6 is 0 Å². The number of nitrogens with one attached hydrogen (secondary N) is 1. The summed E-state index contributed by atoms with van der Waals surface area (Å²) in [5.74, 6) is -2.29. The number of aromatic hydroxyl groups is 1. The summed E-state index contributed by atoms with van der Waals surface area (Å²) in [4.78, 5) is 57.8. The van der Waals surface area contributed by atoms with Gasteiger partial charge in [-0.2, -0.15) is 0 Å². The minimum atomic E-state index is -0.851. The molecule has 0 radical (unpaired) electrons. The fourth-order valence-electron chi connectivity index (χ4n) is 5.01. The Morgan fingerprint density at radius 1 is 1.12 bits per heavy atom. The number of nitrogens with zero attached hydrogens (tertiary/aromatic N) is 3. The summed E-state index contributed by atoms with van der Waals surface area (Å²) in [6.45, 7) is 7.71. The molecule has 224 valence electrons. The lowest BCUT2D eigenvalue weighted by molar-refractivity contribution is -0.155. The number of piperidine rings is 1. The van der Waals surface area contributed by atoms with Crippen molar-refractivity contribution in [1.82, 2.24) is 19.8 Å². The molecule has 0 unspecified atom stereocenters. The van der Waals surface area contributed by atoms with E-state index in [4.69, 9.17) is 4.74 Å². The quantitative estimate of drug-likeness (QED) is 0.369. The maximum atomic E-state index is 13.8. The minimum absolute atomic E-state index is 0.00133. The maximum absolute atomic E-state index is 13.8. The van der Waals surface area contributed by atoms with Crippen LogP contribution in [0.2, 0.25) is 0 Å². The Bertz CT molecular complexity index is 1540. The third kappa shape index (κ3) is 7.51. The first kappa shape index (κ1) is 30.7. The zero-order chi connectivity index (χ0) is 30.6. The van der Waals surface area contributed by atoms with Crippen molar-refractivity contribution in [2.24, 2.45) is 0 Å². The van der Waals surface area contributed by atoms with Crippen LogP contribution < -0.4 is 10.9 Å². The molecule has 0 aliphatic carbocycles. The normalized spacial score (nSPS) is 14.6. The molecule has 1 saturated heterocycles. The van der Waals surface area contributed by atoms with Crippen molar-refractivity contribution >= 4 is 28.8 Å². The van der Waals surface area contributed by atoms with Crippen molar-refractivity contribution in [3.05, 3.63) is 69.4 Å². The van der Waals surface area contributed by atoms with E-state index in [1.165, 1.54) is 22.9 Å². The minimum Gasteiger partial charge on any atom is -0.505 e. The van der Waals surface area contributed by atoms with E-state index < -0.39 is 40.4 Å². The van der Waals surface area contributed by atoms with Gasteiger partial charge in [-0.05, 0) is 76.3 Å². The molecule has 1 aliphatic rings. The van der Waals surface area contributed by atoms with Gasteiger partial charge in [0.05, 0.1) is 11.9 Å². The van der Waals surface area contributed by atoms with Crippen LogP contribution in [0.4, 0.5) is 4.39 Å². The second-order valence-electron chi connectivity index (χ2n) is 11.7. The van der Waals surface area contributed by atoms with Crippen LogP contribution in [0.15, 0.2) is 41.3 Å². The van der Waals surface area contributed by atoms with Crippen molar-refractivity contribution in [3.8, 4) is 5.75 Å². The number of rotatable bonds is 9. The molecule has 42 heavy (non-hydrogen) atoms. The summed E-state index contributed by atoms with van der Waals surface area (Å²) >= 11 is 0. The first-order valence-corrected chi connectivity index (χ1v) is 14.1. The van der Waals surface area contributed by atoms with Gasteiger partial charge >= 0.3 is 5.97 Å².